The van der Waals surface area contributed by atoms with Crippen LogP contribution in [0.15, 0.2) is 47.3 Å². The molecule has 1 heterocycles. The van der Waals surface area contributed by atoms with Gasteiger partial charge in [0.15, 0.2) is 0 Å². The van der Waals surface area contributed by atoms with Crippen molar-refractivity contribution in [3.63, 3.8) is 0 Å². The van der Waals surface area contributed by atoms with E-state index < -0.39 is 29.9 Å². The monoisotopic (exact) mass is 417 g/mol. The number of alkyl halides is 3. The molecule has 0 spiro atoms. The highest BCUT2D eigenvalue weighted by molar-refractivity contribution is 5.81. The molecule has 1 amide bonds. The highest BCUT2D eigenvalue weighted by Crippen LogP contribution is 2.27. The fourth-order valence-corrected chi connectivity index (χ4v) is 3.20. The molecule has 0 aliphatic rings. The van der Waals surface area contributed by atoms with Crippen molar-refractivity contribution in [1.29, 1.82) is 0 Å². The van der Waals surface area contributed by atoms with E-state index in [2.05, 4.69) is 10.3 Å². The average molecular weight is 417 g/mol. The summed E-state index contributed by atoms with van der Waals surface area (Å²) in [5, 5.41) is 2.68. The zero-order valence-electron chi connectivity index (χ0n) is 16.7. The van der Waals surface area contributed by atoms with Gasteiger partial charge in [-0.3, -0.25) is 14.2 Å². The summed E-state index contributed by atoms with van der Waals surface area (Å²) in [5.41, 5.74) is 0.0631. The summed E-state index contributed by atoms with van der Waals surface area (Å²) in [5.74, 6) is -0.524. The van der Waals surface area contributed by atoms with Crippen LogP contribution in [0.25, 0.3) is 11.0 Å². The molecule has 8 heteroatoms. The first kappa shape index (κ1) is 21.5. The number of fused-ring (bicyclic) bond motifs is 1. The Hall–Kier alpha value is -3.16. The first-order chi connectivity index (χ1) is 14.2. The average Bonchev–Trinajstić information content (AvgIpc) is 2.69. The predicted octanol–water partition coefficient (Wildman–Crippen LogP) is 3.78. The number of nitrogens with one attached hydrogen (secondary N) is 1. The molecule has 3 rings (SSSR count). The fraction of sp³-hybridized carbons (Fsp3) is 0.318. The lowest BCUT2D eigenvalue weighted by Gasteiger charge is -2.15. The van der Waals surface area contributed by atoms with Gasteiger partial charge in [0.2, 0.25) is 11.6 Å². The van der Waals surface area contributed by atoms with Gasteiger partial charge in [0, 0.05) is 6.54 Å². The van der Waals surface area contributed by atoms with Gasteiger partial charge in [-0.1, -0.05) is 30.3 Å². The van der Waals surface area contributed by atoms with Gasteiger partial charge in [-0.25, -0.2) is 4.98 Å². The summed E-state index contributed by atoms with van der Waals surface area (Å²) in [6, 6.07) is 12.8. The number of halogens is 3. The summed E-state index contributed by atoms with van der Waals surface area (Å²) >= 11 is 0. The highest BCUT2D eigenvalue weighted by Gasteiger charge is 2.37. The van der Waals surface area contributed by atoms with Crippen LogP contribution in [0, 0.1) is 13.8 Å². The highest BCUT2D eigenvalue weighted by atomic mass is 19.4. The Kier molecular flexibility index (Phi) is 6.24. The predicted molar refractivity (Wildman–Crippen MR) is 108 cm³/mol. The maximum Gasteiger partial charge on any atom is 0.438 e. The van der Waals surface area contributed by atoms with Crippen molar-refractivity contribution in [3.8, 4) is 0 Å². The lowest BCUT2D eigenvalue weighted by atomic mass is 10.1. The van der Waals surface area contributed by atoms with Gasteiger partial charge in [-0.2, -0.15) is 13.2 Å². The van der Waals surface area contributed by atoms with Crippen LogP contribution < -0.4 is 10.9 Å². The van der Waals surface area contributed by atoms with E-state index in [1.54, 1.807) is 19.9 Å². The molecule has 0 fully saturated rings. The van der Waals surface area contributed by atoms with Crippen LogP contribution >= 0.6 is 0 Å². The SMILES string of the molecule is Cc1cc2nc(C(F)(F)F)c(=O)n(CC(=O)NCCCc3ccccc3)c2cc1C. The summed E-state index contributed by atoms with van der Waals surface area (Å²) in [6.07, 6.45) is -3.47. The van der Waals surface area contributed by atoms with Crippen molar-refractivity contribution >= 4 is 16.9 Å². The molecule has 1 aromatic heterocycles. The Labute approximate surface area is 171 Å². The van der Waals surface area contributed by atoms with Crippen LogP contribution in [-0.4, -0.2) is 22.0 Å². The number of benzene rings is 2. The second kappa shape index (κ2) is 8.69. The molecule has 0 aliphatic heterocycles. The molecule has 3 aromatic rings. The summed E-state index contributed by atoms with van der Waals surface area (Å²) < 4.78 is 40.8. The maximum atomic E-state index is 13.3. The third-order valence-electron chi connectivity index (χ3n) is 4.94. The van der Waals surface area contributed by atoms with E-state index in [1.165, 1.54) is 6.07 Å². The van der Waals surface area contributed by atoms with Gasteiger partial charge in [0.05, 0.1) is 11.0 Å². The number of carbonyl (C=O) groups excluding carboxylic acids is 1. The van der Waals surface area contributed by atoms with Crippen LogP contribution in [0.3, 0.4) is 0 Å². The molecule has 0 radical (unpaired) electrons. The Morgan fingerprint density at radius 3 is 2.43 bits per heavy atom. The van der Waals surface area contributed by atoms with Gasteiger partial charge in [-0.15, -0.1) is 0 Å². The fourth-order valence-electron chi connectivity index (χ4n) is 3.20. The largest absolute Gasteiger partial charge is 0.438 e. The summed E-state index contributed by atoms with van der Waals surface area (Å²) in [4.78, 5) is 28.4. The minimum atomic E-state index is -4.90. The minimum Gasteiger partial charge on any atom is -0.355 e. The molecule has 0 atom stereocenters. The molecular formula is C22H22F3N3O2. The number of aromatic nitrogens is 2. The van der Waals surface area contributed by atoms with E-state index in [9.17, 15) is 22.8 Å². The van der Waals surface area contributed by atoms with Crippen molar-refractivity contribution in [1.82, 2.24) is 14.9 Å². The molecule has 0 saturated heterocycles. The van der Waals surface area contributed by atoms with Gasteiger partial charge in [-0.05, 0) is 55.5 Å². The lowest BCUT2D eigenvalue weighted by molar-refractivity contribution is -0.142. The number of nitrogens with zero attached hydrogens (tertiary/aromatic N) is 2. The number of rotatable bonds is 6. The molecule has 0 unspecified atom stereocenters. The third-order valence-corrected chi connectivity index (χ3v) is 4.94. The summed E-state index contributed by atoms with van der Waals surface area (Å²) in [7, 11) is 0. The zero-order valence-corrected chi connectivity index (χ0v) is 16.7. The Bertz CT molecular complexity index is 1120. The Morgan fingerprint density at radius 1 is 1.10 bits per heavy atom. The van der Waals surface area contributed by atoms with Crippen molar-refractivity contribution < 1.29 is 18.0 Å². The summed E-state index contributed by atoms with van der Waals surface area (Å²) in [6.45, 7) is 3.38. The normalized spacial score (nSPS) is 11.6. The molecule has 0 saturated carbocycles. The lowest BCUT2D eigenvalue weighted by Crippen LogP contribution is -2.36. The molecule has 158 valence electrons. The van der Waals surface area contributed by atoms with Gasteiger partial charge < -0.3 is 5.32 Å². The van der Waals surface area contributed by atoms with Crippen molar-refractivity contribution in [2.45, 2.75) is 39.4 Å². The van der Waals surface area contributed by atoms with Gasteiger partial charge in [0.25, 0.3) is 5.56 Å². The van der Waals surface area contributed by atoms with E-state index in [0.29, 0.717) is 13.0 Å². The standard InChI is InChI=1S/C22H22F3N3O2/c1-14-11-17-18(12-15(14)2)28(21(30)20(27-17)22(23,24)25)13-19(29)26-10-6-9-16-7-4-3-5-8-16/h3-5,7-8,11-12H,6,9-10,13H2,1-2H3,(H,26,29). The van der Waals surface area contributed by atoms with E-state index >= 15 is 0 Å². The van der Waals surface area contributed by atoms with Crippen LogP contribution in [0.5, 0.6) is 0 Å². The number of carbonyl (C=O) groups is 1. The first-order valence-electron chi connectivity index (χ1n) is 9.56. The number of amides is 1. The van der Waals surface area contributed by atoms with E-state index in [1.807, 2.05) is 30.3 Å². The molecule has 30 heavy (non-hydrogen) atoms. The second-order valence-corrected chi connectivity index (χ2v) is 7.21. The molecule has 0 bridgehead atoms. The maximum absolute atomic E-state index is 13.3. The van der Waals surface area contributed by atoms with E-state index in [-0.39, 0.29) is 11.0 Å². The Balaban J connectivity index is 1.81. The number of hydrogen-bond donors (Lipinski definition) is 1. The Morgan fingerprint density at radius 2 is 1.77 bits per heavy atom. The molecule has 0 aliphatic carbocycles. The van der Waals surface area contributed by atoms with E-state index in [0.717, 1.165) is 27.7 Å². The van der Waals surface area contributed by atoms with E-state index in [4.69, 9.17) is 0 Å². The van der Waals surface area contributed by atoms with Crippen molar-refractivity contribution in [2.24, 2.45) is 0 Å². The smallest absolute Gasteiger partial charge is 0.355 e. The number of aryl methyl sites for hydroxylation is 3. The minimum absolute atomic E-state index is 0.0295. The van der Waals surface area contributed by atoms with Crippen molar-refractivity contribution in [3.05, 3.63) is 75.2 Å². The van der Waals surface area contributed by atoms with Crippen LogP contribution in [0.4, 0.5) is 13.2 Å². The van der Waals surface area contributed by atoms with Crippen LogP contribution in [0.2, 0.25) is 0 Å². The molecule has 1 N–H and O–H groups in total. The zero-order chi connectivity index (χ0) is 21.9. The van der Waals surface area contributed by atoms with Crippen LogP contribution in [-0.2, 0) is 23.9 Å². The topological polar surface area (TPSA) is 64.0 Å². The van der Waals surface area contributed by atoms with Crippen molar-refractivity contribution in [2.75, 3.05) is 6.54 Å². The van der Waals surface area contributed by atoms with Gasteiger partial charge >= 0.3 is 6.18 Å². The third kappa shape index (κ3) is 4.87. The quantitative estimate of drug-likeness (QED) is 0.621. The second-order valence-electron chi connectivity index (χ2n) is 7.21. The van der Waals surface area contributed by atoms with Crippen LogP contribution in [0.1, 0.15) is 28.8 Å². The molecule has 5 nitrogen and oxygen atoms in total. The number of hydrogen-bond acceptors (Lipinski definition) is 3. The van der Waals surface area contributed by atoms with Gasteiger partial charge in [0.1, 0.15) is 6.54 Å². The molecular weight excluding hydrogens is 395 g/mol. The molecule has 2 aromatic carbocycles. The first-order valence-corrected chi connectivity index (χ1v) is 9.56.